The van der Waals surface area contributed by atoms with E-state index in [1.807, 2.05) is 0 Å². The summed E-state index contributed by atoms with van der Waals surface area (Å²) in [6.45, 7) is -0.312. The highest BCUT2D eigenvalue weighted by Gasteiger charge is 2.24. The Kier molecular flexibility index (Phi) is 4.57. The number of fused-ring (bicyclic) bond motifs is 2. The lowest BCUT2D eigenvalue weighted by atomic mass is 10.0. The van der Waals surface area contributed by atoms with Crippen molar-refractivity contribution in [3.05, 3.63) is 74.6 Å². The summed E-state index contributed by atoms with van der Waals surface area (Å²) in [4.78, 5) is 37.7. The average Bonchev–Trinajstić information content (AvgIpc) is 2.67. The zero-order valence-electron chi connectivity index (χ0n) is 14.2. The number of amides is 1. The summed E-state index contributed by atoms with van der Waals surface area (Å²) in [6, 6.07) is 10.9. The monoisotopic (exact) mass is 385 g/mol. The van der Waals surface area contributed by atoms with E-state index in [9.17, 15) is 18.8 Å². The maximum absolute atomic E-state index is 14.0. The van der Waals surface area contributed by atoms with Gasteiger partial charge in [-0.15, -0.1) is 11.8 Å². The maximum atomic E-state index is 14.0. The number of nitrogens with one attached hydrogen (secondary N) is 2. The Morgan fingerprint density at radius 2 is 1.96 bits per heavy atom. The van der Waals surface area contributed by atoms with Crippen molar-refractivity contribution in [3.8, 4) is 0 Å². The molecule has 0 saturated heterocycles. The van der Waals surface area contributed by atoms with E-state index >= 15 is 0 Å². The molecule has 0 fully saturated rings. The molecule has 3 aromatic rings. The van der Waals surface area contributed by atoms with Gasteiger partial charge in [-0.2, -0.15) is 0 Å². The number of halogens is 1. The van der Waals surface area contributed by atoms with Crippen molar-refractivity contribution in [2.24, 2.45) is 0 Å². The van der Waals surface area contributed by atoms with Gasteiger partial charge in [-0.3, -0.25) is 19.5 Å². The molecule has 2 N–H and O–H groups in total. The summed E-state index contributed by atoms with van der Waals surface area (Å²) in [5.41, 5.74) is -0.135. The van der Waals surface area contributed by atoms with E-state index in [0.717, 1.165) is 10.2 Å². The highest BCUT2D eigenvalue weighted by atomic mass is 32.2. The van der Waals surface area contributed by atoms with Gasteiger partial charge in [0.05, 0.1) is 16.8 Å². The molecule has 138 valence electrons. The number of hydrogen-bond donors (Lipinski definition) is 2. The van der Waals surface area contributed by atoms with Gasteiger partial charge in [-0.1, -0.05) is 24.3 Å². The minimum absolute atomic E-state index is 0.260. The summed E-state index contributed by atoms with van der Waals surface area (Å²) < 4.78 is 15.0. The number of aromatic amines is 1. The lowest BCUT2D eigenvalue weighted by Gasteiger charge is -2.26. The topological polar surface area (TPSA) is 84.0 Å². The first kappa shape index (κ1) is 17.5. The van der Waals surface area contributed by atoms with E-state index in [2.05, 4.69) is 10.4 Å². The van der Waals surface area contributed by atoms with Gasteiger partial charge in [0.2, 0.25) is 5.91 Å². The maximum Gasteiger partial charge on any atom is 0.273 e. The van der Waals surface area contributed by atoms with E-state index in [0.29, 0.717) is 17.1 Å². The molecule has 1 aliphatic heterocycles. The predicted octanol–water partition coefficient (Wildman–Crippen LogP) is 2.18. The van der Waals surface area contributed by atoms with Crippen molar-refractivity contribution in [3.63, 3.8) is 0 Å². The number of carbonyl (C=O) groups excluding carboxylic acids is 1. The van der Waals surface area contributed by atoms with E-state index in [4.69, 9.17) is 0 Å². The highest BCUT2D eigenvalue weighted by molar-refractivity contribution is 7.99. The van der Waals surface area contributed by atoms with Crippen LogP contribution in [0.5, 0.6) is 0 Å². The summed E-state index contributed by atoms with van der Waals surface area (Å²) in [5.74, 6) is -0.0345. The van der Waals surface area contributed by atoms with Crippen molar-refractivity contribution >= 4 is 28.4 Å². The summed E-state index contributed by atoms with van der Waals surface area (Å²) >= 11 is 1.43. The van der Waals surface area contributed by atoms with E-state index in [1.54, 1.807) is 36.4 Å². The number of hydrogen-bond acceptors (Lipinski definition) is 4. The highest BCUT2D eigenvalue weighted by Crippen LogP contribution is 2.37. The van der Waals surface area contributed by atoms with Crippen LogP contribution in [0.2, 0.25) is 0 Å². The van der Waals surface area contributed by atoms with Crippen LogP contribution < -0.4 is 16.4 Å². The smallest absolute Gasteiger partial charge is 0.273 e. The fraction of sp³-hybridized carbons (Fsp3) is 0.211. The third-order valence-corrected chi connectivity index (χ3v) is 5.71. The quantitative estimate of drug-likeness (QED) is 0.724. The summed E-state index contributed by atoms with van der Waals surface area (Å²) in [7, 11) is 0. The van der Waals surface area contributed by atoms with E-state index < -0.39 is 17.0 Å². The van der Waals surface area contributed by atoms with Gasteiger partial charge >= 0.3 is 0 Å². The third kappa shape index (κ3) is 3.28. The van der Waals surface area contributed by atoms with Crippen LogP contribution >= 0.6 is 11.8 Å². The third-order valence-electron chi connectivity index (χ3n) is 4.55. The van der Waals surface area contributed by atoms with Crippen molar-refractivity contribution in [2.45, 2.75) is 23.9 Å². The van der Waals surface area contributed by atoms with Gasteiger partial charge < -0.3 is 5.32 Å². The molecule has 1 atom stereocenters. The van der Waals surface area contributed by atoms with Crippen LogP contribution in [0.4, 0.5) is 4.39 Å². The normalized spacial score (nSPS) is 16.1. The zero-order chi connectivity index (χ0) is 19.0. The average molecular weight is 385 g/mol. The van der Waals surface area contributed by atoms with E-state index in [1.165, 1.54) is 17.8 Å². The lowest BCUT2D eigenvalue weighted by molar-refractivity contribution is -0.122. The second-order valence-electron chi connectivity index (χ2n) is 6.29. The predicted molar refractivity (Wildman–Crippen MR) is 101 cm³/mol. The second-order valence-corrected chi connectivity index (χ2v) is 7.40. The molecular weight excluding hydrogens is 369 g/mol. The number of benzene rings is 2. The standard InChI is InChI=1S/C19H16FN3O3S/c20-14-7-3-6-13-15(8-9-27-17(13)14)21-16(24)10-23-19(26)12-5-2-1-4-11(12)18(25)22-23/h1-7,15H,8-10H2,(H,21,24)(H,22,25)/t15-/m1/s1. The lowest BCUT2D eigenvalue weighted by Crippen LogP contribution is -2.38. The molecule has 8 heteroatoms. The molecule has 0 unspecified atom stereocenters. The van der Waals surface area contributed by atoms with Crippen LogP contribution in [0.15, 0.2) is 56.9 Å². The number of rotatable bonds is 3. The van der Waals surface area contributed by atoms with Crippen molar-refractivity contribution in [2.75, 3.05) is 5.75 Å². The SMILES string of the molecule is O=C(Cn1[nH]c(=O)c2ccccc2c1=O)N[C@@H]1CCSc2c(F)cccc21. The summed E-state index contributed by atoms with van der Waals surface area (Å²) in [6.07, 6.45) is 0.663. The first-order valence-electron chi connectivity index (χ1n) is 8.47. The fourth-order valence-corrected chi connectivity index (χ4v) is 4.42. The first-order valence-corrected chi connectivity index (χ1v) is 9.45. The van der Waals surface area contributed by atoms with E-state index in [-0.39, 0.29) is 29.2 Å². The molecule has 0 aliphatic carbocycles. The molecule has 2 heterocycles. The number of aromatic nitrogens is 2. The Balaban J connectivity index is 1.59. The van der Waals surface area contributed by atoms with Crippen LogP contribution in [0.3, 0.4) is 0 Å². The first-order chi connectivity index (χ1) is 13.0. The molecule has 0 radical (unpaired) electrons. The second kappa shape index (κ2) is 7.03. The Morgan fingerprint density at radius 1 is 1.19 bits per heavy atom. The number of thioether (sulfide) groups is 1. The molecule has 0 saturated carbocycles. The number of carbonyl (C=O) groups is 1. The van der Waals surface area contributed by atoms with Gasteiger partial charge in [0.15, 0.2) is 0 Å². The van der Waals surface area contributed by atoms with Gasteiger partial charge in [0.1, 0.15) is 12.4 Å². The number of H-pyrrole nitrogens is 1. The summed E-state index contributed by atoms with van der Waals surface area (Å²) in [5, 5.41) is 5.83. The van der Waals surface area contributed by atoms with Crippen LogP contribution in [0.1, 0.15) is 18.0 Å². The molecule has 4 rings (SSSR count). The van der Waals surface area contributed by atoms with Crippen LogP contribution in [0.25, 0.3) is 10.8 Å². The molecule has 0 bridgehead atoms. The molecule has 0 spiro atoms. The molecule has 1 amide bonds. The fourth-order valence-electron chi connectivity index (χ4n) is 3.28. The minimum atomic E-state index is -0.439. The molecular formula is C19H16FN3O3S. The number of nitrogens with zero attached hydrogens (tertiary/aromatic N) is 1. The van der Waals surface area contributed by atoms with Crippen LogP contribution in [-0.4, -0.2) is 21.4 Å². The van der Waals surface area contributed by atoms with Gasteiger partial charge in [0, 0.05) is 10.6 Å². The zero-order valence-corrected chi connectivity index (χ0v) is 15.0. The van der Waals surface area contributed by atoms with Gasteiger partial charge in [-0.25, -0.2) is 9.07 Å². The van der Waals surface area contributed by atoms with Crippen molar-refractivity contribution in [1.82, 2.24) is 15.1 Å². The molecule has 1 aliphatic rings. The van der Waals surface area contributed by atoms with Gasteiger partial charge in [-0.05, 0) is 30.2 Å². The Labute approximate surface area is 157 Å². The molecule has 2 aromatic carbocycles. The van der Waals surface area contributed by atoms with Gasteiger partial charge in [0.25, 0.3) is 11.1 Å². The Morgan fingerprint density at radius 3 is 2.78 bits per heavy atom. The van der Waals surface area contributed by atoms with Crippen LogP contribution in [0, 0.1) is 5.82 Å². The Bertz CT molecular complexity index is 1150. The molecule has 1 aromatic heterocycles. The van der Waals surface area contributed by atoms with Crippen molar-refractivity contribution in [1.29, 1.82) is 0 Å². The molecule has 6 nitrogen and oxygen atoms in total. The van der Waals surface area contributed by atoms with Crippen LogP contribution in [-0.2, 0) is 11.3 Å². The molecule has 27 heavy (non-hydrogen) atoms. The Hall–Kier alpha value is -2.87. The van der Waals surface area contributed by atoms with Crippen molar-refractivity contribution < 1.29 is 9.18 Å². The largest absolute Gasteiger partial charge is 0.348 e. The minimum Gasteiger partial charge on any atom is -0.348 e.